The maximum absolute atomic E-state index is 11.1. The van der Waals surface area contributed by atoms with Gasteiger partial charge in [-0.1, -0.05) is 0 Å². The molecule has 0 unspecified atom stereocenters. The second-order valence-electron chi connectivity index (χ2n) is 3.10. The summed E-state index contributed by atoms with van der Waals surface area (Å²) in [5, 5.41) is 0. The third kappa shape index (κ3) is 0.906. The fraction of sp³-hybridized carbons (Fsp3) is 0.750. The van der Waals surface area contributed by atoms with Crippen LogP contribution in [0.5, 0.6) is 0 Å². The zero-order valence-electron chi connectivity index (χ0n) is 6.78. The molecule has 0 aromatic rings. The van der Waals surface area contributed by atoms with Gasteiger partial charge in [0.25, 0.3) is 0 Å². The van der Waals surface area contributed by atoms with Crippen LogP contribution in [0.2, 0.25) is 0 Å². The van der Waals surface area contributed by atoms with Crippen LogP contribution in [0, 0.1) is 17.8 Å². The topological polar surface area (TPSA) is 52.6 Å². The minimum Gasteiger partial charge on any atom is -0.466 e. The predicted octanol–water partition coefficient (Wildman–Crippen LogP) is -0.0315. The molecule has 2 rings (SSSR count). The van der Waals surface area contributed by atoms with E-state index in [0.717, 1.165) is 0 Å². The monoisotopic (exact) mass is 170 g/mol. The van der Waals surface area contributed by atoms with E-state index < -0.39 is 0 Å². The number of hydrogen-bond donors (Lipinski definition) is 0. The van der Waals surface area contributed by atoms with Gasteiger partial charge in [-0.2, -0.15) is 0 Å². The van der Waals surface area contributed by atoms with E-state index in [2.05, 4.69) is 0 Å². The summed E-state index contributed by atoms with van der Waals surface area (Å²) in [5.74, 6) is -0.769. The quantitative estimate of drug-likeness (QED) is 0.546. The lowest BCUT2D eigenvalue weighted by atomic mass is 10.3. The maximum atomic E-state index is 11.1. The Morgan fingerprint density at radius 3 is 3.00 bits per heavy atom. The van der Waals surface area contributed by atoms with Crippen LogP contribution in [0.1, 0.15) is 6.92 Å². The molecule has 0 bridgehead atoms. The normalized spacial score (nSPS) is 37.1. The van der Waals surface area contributed by atoms with Crippen LogP contribution < -0.4 is 0 Å². The Kier molecular flexibility index (Phi) is 1.56. The van der Waals surface area contributed by atoms with Crippen molar-refractivity contribution in [2.24, 2.45) is 17.8 Å². The van der Waals surface area contributed by atoms with Crippen molar-refractivity contribution in [1.29, 1.82) is 0 Å². The van der Waals surface area contributed by atoms with E-state index in [1.807, 2.05) is 0 Å². The smallest absolute Gasteiger partial charge is 0.310 e. The van der Waals surface area contributed by atoms with Gasteiger partial charge in [-0.25, -0.2) is 0 Å². The van der Waals surface area contributed by atoms with Gasteiger partial charge in [0.15, 0.2) is 0 Å². The summed E-state index contributed by atoms with van der Waals surface area (Å²) in [4.78, 5) is 22.0. The summed E-state index contributed by atoms with van der Waals surface area (Å²) in [6.07, 6.45) is 0. The number of ether oxygens (including phenoxy) is 2. The van der Waals surface area contributed by atoms with Crippen molar-refractivity contribution >= 4 is 11.9 Å². The first-order chi connectivity index (χ1) is 5.75. The van der Waals surface area contributed by atoms with Gasteiger partial charge in [0.2, 0.25) is 0 Å². The van der Waals surface area contributed by atoms with Crippen LogP contribution in [-0.4, -0.2) is 25.2 Å². The van der Waals surface area contributed by atoms with Gasteiger partial charge in [-0.05, 0) is 6.92 Å². The molecule has 0 radical (unpaired) electrons. The molecule has 1 saturated carbocycles. The first kappa shape index (κ1) is 7.58. The average Bonchev–Trinajstić information content (AvgIpc) is 2.65. The molecule has 12 heavy (non-hydrogen) atoms. The van der Waals surface area contributed by atoms with Crippen LogP contribution in [0.15, 0.2) is 0 Å². The Hall–Kier alpha value is -1.06. The average molecular weight is 170 g/mol. The SMILES string of the molecule is CCOC(=O)[C@H]1[C@@H]2COC(=O)[C@@H]21. The molecular weight excluding hydrogens is 160 g/mol. The summed E-state index contributed by atoms with van der Waals surface area (Å²) >= 11 is 0. The first-order valence-electron chi connectivity index (χ1n) is 4.09. The van der Waals surface area contributed by atoms with Gasteiger partial charge in [-0.3, -0.25) is 9.59 Å². The highest BCUT2D eigenvalue weighted by atomic mass is 16.6. The van der Waals surface area contributed by atoms with E-state index in [0.29, 0.717) is 13.2 Å². The molecule has 2 fully saturated rings. The molecule has 1 saturated heterocycles. The lowest BCUT2D eigenvalue weighted by Gasteiger charge is -2.02. The molecule has 3 atom stereocenters. The van der Waals surface area contributed by atoms with Crippen molar-refractivity contribution in [3.8, 4) is 0 Å². The molecule has 4 nitrogen and oxygen atoms in total. The maximum Gasteiger partial charge on any atom is 0.310 e. The van der Waals surface area contributed by atoms with Crippen LogP contribution in [0.3, 0.4) is 0 Å². The zero-order valence-corrected chi connectivity index (χ0v) is 6.78. The van der Waals surface area contributed by atoms with Gasteiger partial charge >= 0.3 is 11.9 Å². The Morgan fingerprint density at radius 2 is 2.50 bits per heavy atom. The van der Waals surface area contributed by atoms with Gasteiger partial charge in [-0.15, -0.1) is 0 Å². The van der Waals surface area contributed by atoms with Crippen molar-refractivity contribution in [2.45, 2.75) is 6.92 Å². The molecule has 1 heterocycles. The second kappa shape index (κ2) is 2.47. The van der Waals surface area contributed by atoms with E-state index in [1.165, 1.54) is 0 Å². The number of carbonyl (C=O) groups excluding carboxylic acids is 2. The van der Waals surface area contributed by atoms with Crippen molar-refractivity contribution < 1.29 is 19.1 Å². The summed E-state index contributed by atoms with van der Waals surface area (Å²) in [6, 6.07) is 0. The Bertz CT molecular complexity index is 235. The van der Waals surface area contributed by atoms with Crippen molar-refractivity contribution in [3.63, 3.8) is 0 Å². The highest BCUT2D eigenvalue weighted by molar-refractivity contribution is 5.90. The van der Waals surface area contributed by atoms with Gasteiger partial charge in [0.05, 0.1) is 25.0 Å². The Balaban J connectivity index is 1.94. The third-order valence-electron chi connectivity index (χ3n) is 2.42. The number of rotatable bonds is 2. The molecule has 1 aliphatic carbocycles. The molecule has 0 aromatic heterocycles. The number of cyclic esters (lactones) is 1. The molecule has 0 aromatic carbocycles. The predicted molar refractivity (Wildman–Crippen MR) is 38.1 cm³/mol. The van der Waals surface area contributed by atoms with Crippen LogP contribution >= 0.6 is 0 Å². The van der Waals surface area contributed by atoms with Gasteiger partial charge < -0.3 is 9.47 Å². The molecule has 0 spiro atoms. The van der Waals surface area contributed by atoms with Crippen molar-refractivity contribution in [3.05, 3.63) is 0 Å². The van der Waals surface area contributed by atoms with Gasteiger partial charge in [0, 0.05) is 5.92 Å². The highest BCUT2D eigenvalue weighted by Crippen LogP contribution is 2.51. The van der Waals surface area contributed by atoms with Crippen LogP contribution in [0.25, 0.3) is 0 Å². The molecule has 2 aliphatic rings. The molecule has 1 aliphatic heterocycles. The Labute approximate surface area is 69.8 Å². The summed E-state index contributed by atoms with van der Waals surface area (Å²) in [7, 11) is 0. The van der Waals surface area contributed by atoms with Crippen LogP contribution in [-0.2, 0) is 19.1 Å². The fourth-order valence-electron chi connectivity index (χ4n) is 1.74. The Morgan fingerprint density at radius 1 is 1.75 bits per heavy atom. The summed E-state index contributed by atoms with van der Waals surface area (Å²) < 4.78 is 9.53. The van der Waals surface area contributed by atoms with Crippen LogP contribution in [0.4, 0.5) is 0 Å². The minimum absolute atomic E-state index is 0.108. The number of esters is 2. The van der Waals surface area contributed by atoms with Crippen molar-refractivity contribution in [2.75, 3.05) is 13.2 Å². The zero-order chi connectivity index (χ0) is 8.72. The van der Waals surface area contributed by atoms with Gasteiger partial charge in [0.1, 0.15) is 0 Å². The first-order valence-corrected chi connectivity index (χ1v) is 4.09. The third-order valence-corrected chi connectivity index (χ3v) is 2.42. The lowest BCUT2D eigenvalue weighted by Crippen LogP contribution is -2.15. The van der Waals surface area contributed by atoms with E-state index in [4.69, 9.17) is 9.47 Å². The largest absolute Gasteiger partial charge is 0.466 e. The summed E-state index contributed by atoms with van der Waals surface area (Å²) in [5.41, 5.74) is 0. The molecule has 0 amide bonds. The van der Waals surface area contributed by atoms with E-state index in [1.54, 1.807) is 6.92 Å². The molecule has 0 N–H and O–H groups in total. The molecular formula is C8H10O4. The summed E-state index contributed by atoms with van der Waals surface area (Å²) in [6.45, 7) is 2.53. The van der Waals surface area contributed by atoms with E-state index >= 15 is 0 Å². The van der Waals surface area contributed by atoms with E-state index in [9.17, 15) is 9.59 Å². The second-order valence-corrected chi connectivity index (χ2v) is 3.10. The standard InChI is InChI=1S/C8H10O4/c1-2-11-7(9)5-4-3-12-8(10)6(4)5/h4-6H,2-3H2,1H3/t4-,5-,6-/m0/s1. The number of fused-ring (bicyclic) bond motifs is 1. The van der Waals surface area contributed by atoms with Crippen molar-refractivity contribution in [1.82, 2.24) is 0 Å². The molecule has 4 heteroatoms. The number of hydrogen-bond acceptors (Lipinski definition) is 4. The number of carbonyl (C=O) groups is 2. The van der Waals surface area contributed by atoms with E-state index in [-0.39, 0.29) is 29.7 Å². The molecule has 66 valence electrons. The lowest BCUT2D eigenvalue weighted by molar-refractivity contribution is -0.151. The highest BCUT2D eigenvalue weighted by Gasteiger charge is 2.65. The fourth-order valence-corrected chi connectivity index (χ4v) is 1.74. The minimum atomic E-state index is -0.246.